The van der Waals surface area contributed by atoms with Gasteiger partial charge >= 0.3 is 12.1 Å². The molecule has 0 saturated carbocycles. The fourth-order valence-corrected chi connectivity index (χ4v) is 4.85. The largest absolute Gasteiger partial charge is 0.481 e. The fraction of sp³-hybridized carbons (Fsp3) is 0.375. The van der Waals surface area contributed by atoms with E-state index in [0.717, 1.165) is 23.8 Å². The lowest BCUT2D eigenvalue weighted by Crippen LogP contribution is -2.53. The minimum absolute atomic E-state index is 0.0204. The molecule has 3 heterocycles. The molecule has 0 bridgehead atoms. The number of carboxylic acids is 1. The number of benzene rings is 1. The van der Waals surface area contributed by atoms with Gasteiger partial charge in [0.1, 0.15) is 17.2 Å². The summed E-state index contributed by atoms with van der Waals surface area (Å²) < 4.78 is 44.9. The maximum absolute atomic E-state index is 14.2. The normalized spacial score (nSPS) is 19.2. The summed E-state index contributed by atoms with van der Waals surface area (Å²) in [5, 5.41) is 9.68. The van der Waals surface area contributed by atoms with Gasteiger partial charge in [0.05, 0.1) is 42.8 Å². The third kappa shape index (κ3) is 8.57. The van der Waals surface area contributed by atoms with Crippen molar-refractivity contribution in [2.75, 3.05) is 13.7 Å². The average Bonchev–Trinajstić information content (AvgIpc) is 2.94. The highest BCUT2D eigenvalue weighted by Crippen LogP contribution is 2.29. The molecule has 1 aliphatic heterocycles. The molecular formula is C32H35F2N3O6. The van der Waals surface area contributed by atoms with Crippen LogP contribution in [0.3, 0.4) is 0 Å². The first-order valence-electron chi connectivity index (χ1n) is 13.9. The molecule has 0 spiro atoms. The van der Waals surface area contributed by atoms with E-state index in [1.54, 1.807) is 33.0 Å². The van der Waals surface area contributed by atoms with Crippen molar-refractivity contribution >= 4 is 35.2 Å². The van der Waals surface area contributed by atoms with E-state index in [1.807, 2.05) is 24.3 Å². The molecule has 1 aliphatic rings. The van der Waals surface area contributed by atoms with Crippen molar-refractivity contribution in [3.05, 3.63) is 77.5 Å². The minimum atomic E-state index is -1.09. The lowest BCUT2D eigenvalue weighted by Gasteiger charge is -2.41. The number of carbonyl (C=O) groups excluding carboxylic acids is 1. The second kappa shape index (κ2) is 13.7. The summed E-state index contributed by atoms with van der Waals surface area (Å²) in [6.45, 7) is 5.13. The van der Waals surface area contributed by atoms with Crippen LogP contribution in [0.25, 0.3) is 23.2 Å². The number of nitrogens with zero attached hydrogens (tertiary/aromatic N) is 3. The number of aromatic nitrogens is 2. The Morgan fingerprint density at radius 2 is 1.91 bits per heavy atom. The van der Waals surface area contributed by atoms with Crippen molar-refractivity contribution in [2.24, 2.45) is 0 Å². The van der Waals surface area contributed by atoms with Crippen molar-refractivity contribution < 1.29 is 37.7 Å². The summed E-state index contributed by atoms with van der Waals surface area (Å²) in [4.78, 5) is 35.4. The number of fused-ring (bicyclic) bond motifs is 1. The SMILES string of the molecule is COc1ccc2nccc(C=C[C@@H]3CC[C@@H](N(C/C=C/c4cc(F)ccc4F)C(=O)OC(C)(C)C)[C@@H](CC(=O)O)O3)c2n1. The zero-order valence-electron chi connectivity index (χ0n) is 24.5. The monoisotopic (exact) mass is 595 g/mol. The minimum Gasteiger partial charge on any atom is -0.481 e. The molecule has 228 valence electrons. The van der Waals surface area contributed by atoms with Crippen molar-refractivity contribution in [1.82, 2.24) is 14.9 Å². The number of methoxy groups -OCH3 is 1. The van der Waals surface area contributed by atoms with Crippen LogP contribution >= 0.6 is 0 Å². The van der Waals surface area contributed by atoms with Gasteiger partial charge in [0.25, 0.3) is 0 Å². The van der Waals surface area contributed by atoms with Gasteiger partial charge in [0.15, 0.2) is 0 Å². The van der Waals surface area contributed by atoms with Gasteiger partial charge in [-0.15, -0.1) is 0 Å². The van der Waals surface area contributed by atoms with Crippen LogP contribution in [0.4, 0.5) is 13.6 Å². The first-order chi connectivity index (χ1) is 20.4. The van der Waals surface area contributed by atoms with E-state index in [9.17, 15) is 23.5 Å². The standard InChI is InChI=1S/C32H35F2N3O6/c1-32(2,3)43-31(40)37(17-5-6-21-18-22(33)8-11-24(21)34)26-13-10-23(42-27(26)19-29(38)39)9-7-20-15-16-35-25-12-14-28(41-4)36-30(20)25/h5-9,11-12,14-16,18,23,26-27H,10,13,17,19H2,1-4H3,(H,38,39)/b6-5+,9-7?/t23-,26-,27-/m1/s1. The zero-order chi connectivity index (χ0) is 31.1. The quantitative estimate of drug-likeness (QED) is 0.308. The topological polar surface area (TPSA) is 111 Å². The van der Waals surface area contributed by atoms with Crippen LogP contribution in [0.5, 0.6) is 5.88 Å². The van der Waals surface area contributed by atoms with E-state index < -0.39 is 47.5 Å². The van der Waals surface area contributed by atoms with E-state index in [1.165, 1.54) is 24.2 Å². The molecule has 1 fully saturated rings. The zero-order valence-corrected chi connectivity index (χ0v) is 24.5. The highest BCUT2D eigenvalue weighted by molar-refractivity contribution is 5.84. The van der Waals surface area contributed by atoms with Crippen molar-refractivity contribution in [2.45, 2.75) is 63.9 Å². The van der Waals surface area contributed by atoms with E-state index in [2.05, 4.69) is 9.97 Å². The third-order valence-electron chi connectivity index (χ3n) is 6.78. The Morgan fingerprint density at radius 3 is 2.63 bits per heavy atom. The molecule has 1 N–H and O–H groups in total. The molecule has 4 rings (SSSR count). The van der Waals surface area contributed by atoms with Gasteiger partial charge in [-0.1, -0.05) is 24.3 Å². The maximum atomic E-state index is 14.2. The number of halogens is 2. The van der Waals surface area contributed by atoms with Gasteiger partial charge in [0.2, 0.25) is 5.88 Å². The summed E-state index contributed by atoms with van der Waals surface area (Å²) in [7, 11) is 1.53. The Hall–Kier alpha value is -4.38. The van der Waals surface area contributed by atoms with Gasteiger partial charge < -0.3 is 19.3 Å². The molecule has 0 aliphatic carbocycles. The lowest BCUT2D eigenvalue weighted by molar-refractivity contribution is -0.145. The molecular weight excluding hydrogens is 560 g/mol. The number of hydrogen-bond acceptors (Lipinski definition) is 7. The molecule has 0 unspecified atom stereocenters. The molecule has 11 heteroatoms. The summed E-state index contributed by atoms with van der Waals surface area (Å²) in [5.41, 5.74) is 1.32. The van der Waals surface area contributed by atoms with Crippen LogP contribution < -0.4 is 4.74 Å². The summed E-state index contributed by atoms with van der Waals surface area (Å²) in [6, 6.07) is 7.79. The number of carbonyl (C=O) groups is 2. The van der Waals surface area contributed by atoms with Gasteiger partial charge in [-0.25, -0.2) is 18.6 Å². The second-order valence-corrected chi connectivity index (χ2v) is 11.1. The van der Waals surface area contributed by atoms with Crippen LogP contribution in [0.1, 0.15) is 51.2 Å². The maximum Gasteiger partial charge on any atom is 0.410 e. The highest BCUT2D eigenvalue weighted by Gasteiger charge is 2.39. The summed E-state index contributed by atoms with van der Waals surface area (Å²) >= 11 is 0. The summed E-state index contributed by atoms with van der Waals surface area (Å²) in [6.07, 6.45) is 6.82. The smallest absolute Gasteiger partial charge is 0.410 e. The van der Waals surface area contributed by atoms with Crippen molar-refractivity contribution in [1.29, 1.82) is 0 Å². The Bertz CT molecular complexity index is 1520. The molecule has 3 aromatic rings. The van der Waals surface area contributed by atoms with Gasteiger partial charge in [-0.3, -0.25) is 14.7 Å². The third-order valence-corrected chi connectivity index (χ3v) is 6.78. The van der Waals surface area contributed by atoms with Crippen LogP contribution in [0, 0.1) is 11.6 Å². The van der Waals surface area contributed by atoms with Gasteiger partial charge in [-0.05, 0) is 63.9 Å². The van der Waals surface area contributed by atoms with Crippen molar-refractivity contribution in [3.8, 4) is 5.88 Å². The number of carboxylic acid groups (broad SMARTS) is 1. The number of aliphatic carboxylic acids is 1. The lowest BCUT2D eigenvalue weighted by atomic mass is 9.94. The van der Waals surface area contributed by atoms with E-state index in [-0.39, 0.29) is 18.5 Å². The second-order valence-electron chi connectivity index (χ2n) is 11.1. The van der Waals surface area contributed by atoms with Gasteiger partial charge in [-0.2, -0.15) is 0 Å². The Morgan fingerprint density at radius 1 is 1.12 bits per heavy atom. The first kappa shape index (κ1) is 31.6. The van der Waals surface area contributed by atoms with Crippen LogP contribution in [0.2, 0.25) is 0 Å². The van der Waals surface area contributed by atoms with E-state index >= 15 is 0 Å². The number of ether oxygens (including phenoxy) is 3. The molecule has 1 aromatic carbocycles. The fourth-order valence-electron chi connectivity index (χ4n) is 4.85. The number of amides is 1. The average molecular weight is 596 g/mol. The molecule has 3 atom stereocenters. The molecule has 43 heavy (non-hydrogen) atoms. The highest BCUT2D eigenvalue weighted by atomic mass is 19.1. The van der Waals surface area contributed by atoms with E-state index in [4.69, 9.17) is 14.2 Å². The Labute approximate surface area is 248 Å². The first-order valence-corrected chi connectivity index (χ1v) is 13.9. The molecule has 1 saturated heterocycles. The van der Waals surface area contributed by atoms with Crippen LogP contribution in [-0.4, -0.2) is 69.5 Å². The Kier molecular flexibility index (Phi) is 10.1. The number of rotatable bonds is 9. The molecule has 9 nitrogen and oxygen atoms in total. The van der Waals surface area contributed by atoms with Crippen LogP contribution in [0.15, 0.2) is 54.7 Å². The van der Waals surface area contributed by atoms with E-state index in [0.29, 0.717) is 29.8 Å². The number of pyridine rings is 2. The predicted molar refractivity (Wildman–Crippen MR) is 157 cm³/mol. The summed E-state index contributed by atoms with van der Waals surface area (Å²) in [5.74, 6) is -1.85. The Balaban J connectivity index is 1.57. The number of hydrogen-bond donors (Lipinski definition) is 1. The molecule has 1 amide bonds. The van der Waals surface area contributed by atoms with Crippen LogP contribution in [-0.2, 0) is 14.3 Å². The predicted octanol–water partition coefficient (Wildman–Crippen LogP) is 6.27. The molecule has 0 radical (unpaired) electrons. The van der Waals surface area contributed by atoms with Gasteiger partial charge in [0, 0.05) is 29.9 Å². The van der Waals surface area contributed by atoms with Crippen molar-refractivity contribution in [3.63, 3.8) is 0 Å². The molecule has 2 aromatic heterocycles.